The molecule has 0 radical (unpaired) electrons. The average Bonchev–Trinajstić information content (AvgIpc) is 3.16. The summed E-state index contributed by atoms with van der Waals surface area (Å²) >= 11 is 0. The molecule has 0 aliphatic carbocycles. The summed E-state index contributed by atoms with van der Waals surface area (Å²) in [6.07, 6.45) is 2.59. The second-order valence-corrected chi connectivity index (χ2v) is 7.87. The first-order valence-electron chi connectivity index (χ1n) is 10.5. The fraction of sp³-hybridized carbons (Fsp3) is 0.545. The summed E-state index contributed by atoms with van der Waals surface area (Å²) in [5.41, 5.74) is 1.03. The van der Waals surface area contributed by atoms with E-state index in [4.69, 9.17) is 10.00 Å². The van der Waals surface area contributed by atoms with E-state index >= 15 is 0 Å². The molecule has 2 rings (SSSR count). The molecule has 0 aromatic heterocycles. The Morgan fingerprint density at radius 1 is 1.26 bits per heavy atom. The Kier molecular flexibility index (Phi) is 9.78. The number of benzene rings is 1. The lowest BCUT2D eigenvalue weighted by Crippen LogP contribution is -2.31. The summed E-state index contributed by atoms with van der Waals surface area (Å²) in [6, 6.07) is 8.70. The Labute approximate surface area is 183 Å². The fourth-order valence-corrected chi connectivity index (χ4v) is 3.38. The summed E-state index contributed by atoms with van der Waals surface area (Å²) in [5.74, 6) is -0.308. The van der Waals surface area contributed by atoms with Crippen LogP contribution in [-0.4, -0.2) is 62.1 Å². The Hall–Kier alpha value is -3.12. The summed E-state index contributed by atoms with van der Waals surface area (Å²) in [4.78, 5) is 38.0. The molecule has 1 heterocycles. The maximum absolute atomic E-state index is 12.3. The van der Waals surface area contributed by atoms with E-state index in [1.807, 2.05) is 20.0 Å². The van der Waals surface area contributed by atoms with Crippen LogP contribution in [0, 0.1) is 17.2 Å². The number of hydrogen-bond acceptors (Lipinski definition) is 6. The van der Waals surface area contributed by atoms with Crippen molar-refractivity contribution in [1.29, 1.82) is 5.26 Å². The van der Waals surface area contributed by atoms with Crippen molar-refractivity contribution < 1.29 is 19.1 Å². The number of carbonyl (C=O) groups is 3. The van der Waals surface area contributed by atoms with E-state index < -0.39 is 6.09 Å². The van der Waals surface area contributed by atoms with Crippen LogP contribution in [0.4, 0.5) is 10.5 Å². The molecule has 2 atom stereocenters. The Bertz CT molecular complexity index is 790. The number of carbonyl (C=O) groups excluding carboxylic acids is 3. The van der Waals surface area contributed by atoms with Crippen molar-refractivity contribution >= 4 is 23.6 Å². The molecule has 0 spiro atoms. The standard InChI is InChI=1S/C22H31N5O4/c1-16(14-20(28)24-12-10-23)9-11-25-21(29)17-5-7-18(8-6-17)26-22(30)31-15-19-4-3-13-27(19)2/h5-8,16,19H,3-4,9,11-15H2,1-2H3,(H,24,28)(H,25,29)(H,26,30). The zero-order chi connectivity index (χ0) is 22.6. The number of amides is 3. The molecule has 31 heavy (non-hydrogen) atoms. The highest BCUT2D eigenvalue weighted by Gasteiger charge is 2.22. The van der Waals surface area contributed by atoms with Gasteiger partial charge < -0.3 is 20.3 Å². The van der Waals surface area contributed by atoms with Crippen LogP contribution in [0.25, 0.3) is 0 Å². The summed E-state index contributed by atoms with van der Waals surface area (Å²) in [5, 5.41) is 16.4. The Morgan fingerprint density at radius 2 is 2.00 bits per heavy atom. The Morgan fingerprint density at radius 3 is 2.65 bits per heavy atom. The number of likely N-dealkylation sites (N-methyl/N-ethyl adjacent to an activating group) is 1. The summed E-state index contributed by atoms with van der Waals surface area (Å²) in [6.45, 7) is 3.75. The molecular formula is C22H31N5O4. The molecule has 2 unspecified atom stereocenters. The first-order valence-corrected chi connectivity index (χ1v) is 10.5. The van der Waals surface area contributed by atoms with Crippen LogP contribution in [0.5, 0.6) is 0 Å². The normalized spacial score (nSPS) is 16.7. The van der Waals surface area contributed by atoms with Crippen LogP contribution in [0.2, 0.25) is 0 Å². The van der Waals surface area contributed by atoms with Gasteiger partial charge in [-0.15, -0.1) is 0 Å². The second-order valence-electron chi connectivity index (χ2n) is 7.87. The number of rotatable bonds is 10. The maximum Gasteiger partial charge on any atom is 0.411 e. The Balaban J connectivity index is 1.68. The van der Waals surface area contributed by atoms with Crippen molar-refractivity contribution in [2.45, 2.75) is 38.6 Å². The minimum absolute atomic E-state index is 0.00270. The van der Waals surface area contributed by atoms with Gasteiger partial charge in [0.1, 0.15) is 13.2 Å². The van der Waals surface area contributed by atoms with E-state index in [-0.39, 0.29) is 30.3 Å². The van der Waals surface area contributed by atoms with Crippen molar-refractivity contribution in [3.8, 4) is 6.07 Å². The second kappa shape index (κ2) is 12.5. The van der Waals surface area contributed by atoms with Crippen LogP contribution < -0.4 is 16.0 Å². The molecule has 1 aromatic rings. The lowest BCUT2D eigenvalue weighted by atomic mass is 10.0. The molecule has 1 fully saturated rings. The van der Waals surface area contributed by atoms with Crippen molar-refractivity contribution in [3.63, 3.8) is 0 Å². The molecule has 1 aromatic carbocycles. The van der Waals surface area contributed by atoms with E-state index in [9.17, 15) is 14.4 Å². The lowest BCUT2D eigenvalue weighted by molar-refractivity contribution is -0.121. The van der Waals surface area contributed by atoms with E-state index in [1.165, 1.54) is 0 Å². The summed E-state index contributed by atoms with van der Waals surface area (Å²) < 4.78 is 5.29. The number of likely N-dealkylation sites (tertiary alicyclic amines) is 1. The van der Waals surface area contributed by atoms with Gasteiger partial charge >= 0.3 is 6.09 Å². The molecule has 3 N–H and O–H groups in total. The molecule has 1 aliphatic heterocycles. The minimum atomic E-state index is -0.509. The zero-order valence-corrected chi connectivity index (χ0v) is 18.1. The van der Waals surface area contributed by atoms with Gasteiger partial charge in [-0.05, 0) is 63.0 Å². The number of nitriles is 1. The van der Waals surface area contributed by atoms with Crippen molar-refractivity contribution in [1.82, 2.24) is 15.5 Å². The van der Waals surface area contributed by atoms with Crippen molar-refractivity contribution in [2.75, 3.05) is 38.6 Å². The van der Waals surface area contributed by atoms with Gasteiger partial charge in [0.05, 0.1) is 6.07 Å². The predicted octanol–water partition coefficient (Wildman–Crippen LogP) is 2.12. The predicted molar refractivity (Wildman–Crippen MR) is 116 cm³/mol. The monoisotopic (exact) mass is 429 g/mol. The van der Waals surface area contributed by atoms with Gasteiger partial charge in [-0.2, -0.15) is 5.26 Å². The third kappa shape index (κ3) is 8.64. The van der Waals surface area contributed by atoms with E-state index in [1.54, 1.807) is 24.3 Å². The average molecular weight is 430 g/mol. The van der Waals surface area contributed by atoms with Gasteiger partial charge in [0.15, 0.2) is 0 Å². The topological polar surface area (TPSA) is 124 Å². The van der Waals surface area contributed by atoms with Crippen LogP contribution in [0.1, 0.15) is 43.0 Å². The largest absolute Gasteiger partial charge is 0.448 e. The smallest absolute Gasteiger partial charge is 0.411 e. The highest BCUT2D eigenvalue weighted by atomic mass is 16.5. The number of nitrogens with zero attached hydrogens (tertiary/aromatic N) is 2. The van der Waals surface area contributed by atoms with E-state index in [0.29, 0.717) is 37.2 Å². The first-order chi connectivity index (χ1) is 14.9. The van der Waals surface area contributed by atoms with Crippen molar-refractivity contribution in [2.24, 2.45) is 5.92 Å². The molecule has 168 valence electrons. The first kappa shape index (κ1) is 24.2. The molecular weight excluding hydrogens is 398 g/mol. The highest BCUT2D eigenvalue weighted by Crippen LogP contribution is 2.15. The molecule has 0 saturated carbocycles. The van der Waals surface area contributed by atoms with Gasteiger partial charge in [0, 0.05) is 30.3 Å². The van der Waals surface area contributed by atoms with Gasteiger partial charge in [-0.1, -0.05) is 6.92 Å². The fourth-order valence-electron chi connectivity index (χ4n) is 3.38. The highest BCUT2D eigenvalue weighted by molar-refractivity contribution is 5.95. The molecule has 9 heteroatoms. The number of anilines is 1. The van der Waals surface area contributed by atoms with Crippen molar-refractivity contribution in [3.05, 3.63) is 29.8 Å². The molecule has 9 nitrogen and oxygen atoms in total. The zero-order valence-electron chi connectivity index (χ0n) is 18.1. The molecule has 3 amide bonds. The van der Waals surface area contributed by atoms with Crippen LogP contribution in [0.15, 0.2) is 24.3 Å². The van der Waals surface area contributed by atoms with Crippen LogP contribution in [0.3, 0.4) is 0 Å². The molecule has 1 saturated heterocycles. The number of ether oxygens (including phenoxy) is 1. The SMILES string of the molecule is CC(CCNC(=O)c1ccc(NC(=O)OCC2CCCN2C)cc1)CC(=O)NCC#N. The minimum Gasteiger partial charge on any atom is -0.448 e. The van der Waals surface area contributed by atoms with E-state index in [2.05, 4.69) is 20.9 Å². The van der Waals surface area contributed by atoms with Gasteiger partial charge in [0.25, 0.3) is 5.91 Å². The molecule has 1 aliphatic rings. The number of nitrogens with one attached hydrogen (secondary N) is 3. The van der Waals surface area contributed by atoms with Crippen LogP contribution >= 0.6 is 0 Å². The quantitative estimate of drug-likeness (QED) is 0.490. The van der Waals surface area contributed by atoms with Gasteiger partial charge in [-0.25, -0.2) is 4.79 Å². The third-order valence-electron chi connectivity index (χ3n) is 5.29. The third-order valence-corrected chi connectivity index (χ3v) is 5.29. The lowest BCUT2D eigenvalue weighted by Gasteiger charge is -2.19. The van der Waals surface area contributed by atoms with Gasteiger partial charge in [0.2, 0.25) is 5.91 Å². The molecule has 0 bridgehead atoms. The van der Waals surface area contributed by atoms with Crippen LogP contribution in [-0.2, 0) is 9.53 Å². The van der Waals surface area contributed by atoms with E-state index in [0.717, 1.165) is 19.4 Å². The maximum atomic E-state index is 12.3. The number of hydrogen-bond donors (Lipinski definition) is 3. The van der Waals surface area contributed by atoms with Gasteiger partial charge in [-0.3, -0.25) is 14.9 Å². The summed E-state index contributed by atoms with van der Waals surface area (Å²) in [7, 11) is 2.02.